The number of nitrogens with one attached hydrogen (secondary N) is 2. The Morgan fingerprint density at radius 2 is 1.58 bits per heavy atom. The number of carbonyl (C=O) groups excluding carboxylic acids is 2. The van der Waals surface area contributed by atoms with Gasteiger partial charge in [-0.05, 0) is 18.4 Å². The van der Waals surface area contributed by atoms with Crippen LogP contribution in [0, 0.1) is 5.92 Å². The Morgan fingerprint density at radius 1 is 0.944 bits per heavy atom. The van der Waals surface area contributed by atoms with Crippen LogP contribution in [0.1, 0.15) is 38.3 Å². The lowest BCUT2D eigenvalue weighted by Crippen LogP contribution is -2.57. The van der Waals surface area contributed by atoms with Crippen molar-refractivity contribution in [3.63, 3.8) is 0 Å². The molecule has 0 aliphatic carbocycles. The maximum absolute atomic E-state index is 13.3. The van der Waals surface area contributed by atoms with Gasteiger partial charge in [0.2, 0.25) is 17.6 Å². The van der Waals surface area contributed by atoms with E-state index in [4.69, 9.17) is 4.52 Å². The summed E-state index contributed by atoms with van der Waals surface area (Å²) in [6.45, 7) is 8.83. The summed E-state index contributed by atoms with van der Waals surface area (Å²) in [5.41, 5.74) is 1.91. The van der Waals surface area contributed by atoms with E-state index < -0.39 is 6.04 Å². The highest BCUT2D eigenvalue weighted by Gasteiger charge is 2.32. The van der Waals surface area contributed by atoms with Crippen molar-refractivity contribution in [2.75, 3.05) is 26.2 Å². The molecule has 190 valence electrons. The summed E-state index contributed by atoms with van der Waals surface area (Å²) in [5, 5.41) is 9.84. The molecule has 3 amide bonds. The number of urea groups is 1. The number of carbonyl (C=O) groups is 2. The lowest BCUT2D eigenvalue weighted by atomic mass is 10.0. The molecule has 1 fully saturated rings. The van der Waals surface area contributed by atoms with Crippen LogP contribution in [0.4, 0.5) is 4.79 Å². The molecule has 2 heterocycles. The van der Waals surface area contributed by atoms with Crippen molar-refractivity contribution in [1.29, 1.82) is 0 Å². The minimum absolute atomic E-state index is 0.0354. The molecule has 1 saturated heterocycles. The minimum Gasteiger partial charge on any atom is -0.338 e. The molecule has 0 saturated carbocycles. The van der Waals surface area contributed by atoms with E-state index in [-0.39, 0.29) is 23.9 Å². The molecule has 2 aromatic carbocycles. The molecule has 36 heavy (non-hydrogen) atoms. The van der Waals surface area contributed by atoms with Crippen LogP contribution in [-0.2, 0) is 11.3 Å². The molecule has 0 radical (unpaired) electrons. The van der Waals surface area contributed by atoms with Gasteiger partial charge in [-0.25, -0.2) is 4.79 Å². The zero-order valence-corrected chi connectivity index (χ0v) is 21.1. The van der Waals surface area contributed by atoms with Crippen molar-refractivity contribution in [2.45, 2.75) is 39.4 Å². The monoisotopic (exact) mass is 490 g/mol. The summed E-state index contributed by atoms with van der Waals surface area (Å²) in [7, 11) is 0. The maximum atomic E-state index is 13.3. The van der Waals surface area contributed by atoms with Crippen molar-refractivity contribution < 1.29 is 14.1 Å². The molecule has 4 rings (SSSR count). The predicted molar refractivity (Wildman–Crippen MR) is 137 cm³/mol. The molecule has 9 nitrogen and oxygen atoms in total. The summed E-state index contributed by atoms with van der Waals surface area (Å²) in [4.78, 5) is 34.4. The molecule has 3 aromatic rings. The molecule has 9 heteroatoms. The second-order valence-corrected chi connectivity index (χ2v) is 9.39. The molecule has 1 aliphatic heterocycles. The minimum atomic E-state index is -0.589. The molecular weight excluding hydrogens is 456 g/mol. The third kappa shape index (κ3) is 6.28. The van der Waals surface area contributed by atoms with Crippen molar-refractivity contribution in [3.05, 3.63) is 72.1 Å². The number of benzene rings is 2. The van der Waals surface area contributed by atoms with E-state index in [9.17, 15) is 9.59 Å². The quantitative estimate of drug-likeness (QED) is 0.501. The van der Waals surface area contributed by atoms with Gasteiger partial charge in [0, 0.05) is 38.3 Å². The summed E-state index contributed by atoms with van der Waals surface area (Å²) in [6.07, 6.45) is 0. The van der Waals surface area contributed by atoms with Crippen LogP contribution in [0.15, 0.2) is 65.2 Å². The highest BCUT2D eigenvalue weighted by molar-refractivity contribution is 5.87. The van der Waals surface area contributed by atoms with Gasteiger partial charge in [0.15, 0.2) is 0 Å². The zero-order chi connectivity index (χ0) is 25.5. The van der Waals surface area contributed by atoms with E-state index in [0.29, 0.717) is 44.4 Å². The highest BCUT2D eigenvalue weighted by Crippen LogP contribution is 2.23. The average Bonchev–Trinajstić information content (AvgIpc) is 3.41. The van der Waals surface area contributed by atoms with Gasteiger partial charge >= 0.3 is 6.03 Å². The fraction of sp³-hybridized carbons (Fsp3) is 0.407. The van der Waals surface area contributed by atoms with Crippen molar-refractivity contribution >= 4 is 11.9 Å². The van der Waals surface area contributed by atoms with Crippen LogP contribution in [-0.4, -0.2) is 64.1 Å². The average molecular weight is 491 g/mol. The van der Waals surface area contributed by atoms with Gasteiger partial charge in [-0.2, -0.15) is 4.98 Å². The van der Waals surface area contributed by atoms with E-state index in [1.807, 2.05) is 86.3 Å². The first-order chi connectivity index (χ1) is 17.4. The van der Waals surface area contributed by atoms with E-state index in [0.717, 1.165) is 11.1 Å². The third-order valence-electron chi connectivity index (χ3n) is 6.52. The fourth-order valence-electron chi connectivity index (χ4n) is 4.28. The van der Waals surface area contributed by atoms with Crippen molar-refractivity contribution in [2.24, 2.45) is 5.92 Å². The number of hydrogen-bond acceptors (Lipinski definition) is 6. The van der Waals surface area contributed by atoms with Crippen LogP contribution >= 0.6 is 0 Å². The Kier molecular flexibility index (Phi) is 8.32. The van der Waals surface area contributed by atoms with Gasteiger partial charge in [-0.1, -0.05) is 79.7 Å². The molecule has 2 N–H and O–H groups in total. The lowest BCUT2D eigenvalue weighted by molar-refractivity contribution is -0.136. The Hall–Kier alpha value is -3.72. The fourth-order valence-corrected chi connectivity index (χ4v) is 4.28. The summed E-state index contributed by atoms with van der Waals surface area (Å²) >= 11 is 0. The number of amides is 3. The topological polar surface area (TPSA) is 104 Å². The second kappa shape index (κ2) is 11.8. The summed E-state index contributed by atoms with van der Waals surface area (Å²) in [6, 6.07) is 18.4. The first-order valence-electron chi connectivity index (χ1n) is 12.4. The zero-order valence-electron chi connectivity index (χ0n) is 21.1. The predicted octanol–water partition coefficient (Wildman–Crippen LogP) is 3.47. The number of aromatic nitrogens is 2. The number of hydrogen-bond donors (Lipinski definition) is 2. The normalized spacial score (nSPS) is 15.9. The summed E-state index contributed by atoms with van der Waals surface area (Å²) in [5.74, 6) is 1.04. The maximum Gasteiger partial charge on any atom is 0.315 e. The van der Waals surface area contributed by atoms with Crippen molar-refractivity contribution in [1.82, 2.24) is 30.6 Å². The Bertz CT molecular complexity index is 1130. The van der Waals surface area contributed by atoms with Crippen LogP contribution < -0.4 is 10.6 Å². The second-order valence-electron chi connectivity index (χ2n) is 9.39. The largest absolute Gasteiger partial charge is 0.338 e. The Labute approximate surface area is 211 Å². The molecular formula is C27H34N6O3. The SMILES string of the molecule is CC(C)C(NC(=O)NCc1ccccc1)C(=O)N1CCN(C(C)c2nc(-c3ccccc3)no2)CC1. The van der Waals surface area contributed by atoms with E-state index in [2.05, 4.69) is 25.7 Å². The Balaban J connectivity index is 1.29. The van der Waals surface area contributed by atoms with E-state index >= 15 is 0 Å². The van der Waals surface area contributed by atoms with Gasteiger partial charge < -0.3 is 20.1 Å². The van der Waals surface area contributed by atoms with Crippen molar-refractivity contribution in [3.8, 4) is 11.4 Å². The van der Waals surface area contributed by atoms with Gasteiger partial charge in [-0.3, -0.25) is 9.69 Å². The lowest BCUT2D eigenvalue weighted by Gasteiger charge is -2.38. The first kappa shape index (κ1) is 25.4. The number of nitrogens with zero attached hydrogens (tertiary/aromatic N) is 4. The molecule has 0 spiro atoms. The molecule has 0 bridgehead atoms. The molecule has 1 aromatic heterocycles. The van der Waals surface area contributed by atoms with E-state index in [1.54, 1.807) is 0 Å². The number of rotatable bonds is 8. The van der Waals surface area contributed by atoms with E-state index in [1.165, 1.54) is 0 Å². The first-order valence-corrected chi connectivity index (χ1v) is 12.4. The van der Waals surface area contributed by atoms with Gasteiger partial charge in [-0.15, -0.1) is 0 Å². The van der Waals surface area contributed by atoms with Gasteiger partial charge in [0.25, 0.3) is 0 Å². The molecule has 2 unspecified atom stereocenters. The van der Waals surface area contributed by atoms with Crippen LogP contribution in [0.5, 0.6) is 0 Å². The smallest absolute Gasteiger partial charge is 0.315 e. The Morgan fingerprint density at radius 3 is 2.22 bits per heavy atom. The van der Waals surface area contributed by atoms with Crippen LogP contribution in [0.3, 0.4) is 0 Å². The standard InChI is InChI=1S/C27H34N6O3/c1-19(2)23(29-27(35)28-18-21-10-6-4-7-11-21)26(34)33-16-14-32(15-17-33)20(3)25-30-24(31-36-25)22-12-8-5-9-13-22/h4-13,19-20,23H,14-18H2,1-3H3,(H2,28,29,35). The van der Waals surface area contributed by atoms with Gasteiger partial charge in [0.05, 0.1) is 6.04 Å². The van der Waals surface area contributed by atoms with Crippen LogP contribution in [0.2, 0.25) is 0 Å². The van der Waals surface area contributed by atoms with Crippen LogP contribution in [0.25, 0.3) is 11.4 Å². The molecule has 1 aliphatic rings. The third-order valence-corrected chi connectivity index (χ3v) is 6.52. The molecule has 2 atom stereocenters. The van der Waals surface area contributed by atoms with Gasteiger partial charge in [0.1, 0.15) is 6.04 Å². The summed E-state index contributed by atoms with van der Waals surface area (Å²) < 4.78 is 5.54. The highest BCUT2D eigenvalue weighted by atomic mass is 16.5. The number of piperazine rings is 1.